The Hall–Kier alpha value is -1.55. The van der Waals surface area contributed by atoms with Crippen molar-refractivity contribution in [3.63, 3.8) is 0 Å². The van der Waals surface area contributed by atoms with Crippen LogP contribution in [0.1, 0.15) is 24.1 Å². The first-order valence-corrected chi connectivity index (χ1v) is 5.17. The Morgan fingerprint density at radius 3 is 2.69 bits per heavy atom. The standard InChI is InChI=1S/C12H17NO3/c1-4-16-12(14)11(13)9-5-6-10(15-3)8(2)7-9/h5-7,11H,4,13H2,1-3H3. The predicted octanol–water partition coefficient (Wildman–Crippen LogP) is 1.57. The third-order valence-corrected chi connectivity index (χ3v) is 2.32. The molecule has 0 amide bonds. The fourth-order valence-corrected chi connectivity index (χ4v) is 1.46. The average molecular weight is 223 g/mol. The van der Waals surface area contributed by atoms with E-state index in [1.165, 1.54) is 0 Å². The zero-order chi connectivity index (χ0) is 12.1. The molecule has 16 heavy (non-hydrogen) atoms. The molecule has 1 rings (SSSR count). The van der Waals surface area contributed by atoms with Crippen LogP contribution in [0.2, 0.25) is 0 Å². The normalized spacial score (nSPS) is 12.0. The molecule has 0 aliphatic heterocycles. The summed E-state index contributed by atoms with van der Waals surface area (Å²) in [6, 6.07) is 4.67. The molecular formula is C12H17NO3. The minimum absolute atomic E-state index is 0.335. The second-order valence-corrected chi connectivity index (χ2v) is 3.46. The van der Waals surface area contributed by atoms with Crippen molar-refractivity contribution in [2.75, 3.05) is 13.7 Å². The van der Waals surface area contributed by atoms with Gasteiger partial charge in [0.15, 0.2) is 0 Å². The van der Waals surface area contributed by atoms with Gasteiger partial charge in [-0.1, -0.05) is 12.1 Å². The summed E-state index contributed by atoms with van der Waals surface area (Å²) in [5.41, 5.74) is 7.45. The van der Waals surface area contributed by atoms with Crippen molar-refractivity contribution in [2.45, 2.75) is 19.9 Å². The van der Waals surface area contributed by atoms with Crippen LogP contribution >= 0.6 is 0 Å². The van der Waals surface area contributed by atoms with Crippen molar-refractivity contribution < 1.29 is 14.3 Å². The number of carbonyl (C=O) groups excluding carboxylic acids is 1. The SMILES string of the molecule is CCOC(=O)C(N)c1ccc(OC)c(C)c1. The molecule has 1 aromatic rings. The van der Waals surface area contributed by atoms with Crippen molar-refractivity contribution in [1.29, 1.82) is 0 Å². The molecule has 0 heterocycles. The molecule has 0 saturated carbocycles. The number of rotatable bonds is 4. The lowest BCUT2D eigenvalue weighted by Crippen LogP contribution is -2.23. The quantitative estimate of drug-likeness (QED) is 0.787. The summed E-state index contributed by atoms with van der Waals surface area (Å²) in [6.45, 7) is 3.99. The fraction of sp³-hybridized carbons (Fsp3) is 0.417. The van der Waals surface area contributed by atoms with Gasteiger partial charge >= 0.3 is 5.97 Å². The highest BCUT2D eigenvalue weighted by Gasteiger charge is 2.17. The van der Waals surface area contributed by atoms with Crippen LogP contribution in [0.25, 0.3) is 0 Å². The molecular weight excluding hydrogens is 206 g/mol. The summed E-state index contributed by atoms with van der Waals surface area (Å²) in [5.74, 6) is 0.367. The molecule has 2 N–H and O–H groups in total. The Morgan fingerprint density at radius 1 is 1.50 bits per heavy atom. The zero-order valence-corrected chi connectivity index (χ0v) is 9.82. The van der Waals surface area contributed by atoms with E-state index in [4.69, 9.17) is 15.2 Å². The second kappa shape index (κ2) is 5.51. The average Bonchev–Trinajstić information content (AvgIpc) is 2.28. The van der Waals surface area contributed by atoms with Gasteiger partial charge in [-0.2, -0.15) is 0 Å². The number of ether oxygens (including phenoxy) is 2. The van der Waals surface area contributed by atoms with E-state index in [0.29, 0.717) is 6.61 Å². The highest BCUT2D eigenvalue weighted by molar-refractivity contribution is 5.77. The van der Waals surface area contributed by atoms with E-state index in [0.717, 1.165) is 16.9 Å². The summed E-state index contributed by atoms with van der Waals surface area (Å²) >= 11 is 0. The molecule has 88 valence electrons. The Bertz CT molecular complexity index is 377. The molecule has 0 aliphatic rings. The monoisotopic (exact) mass is 223 g/mol. The lowest BCUT2D eigenvalue weighted by molar-refractivity contribution is -0.144. The van der Waals surface area contributed by atoms with Gasteiger partial charge in [-0.05, 0) is 31.0 Å². The molecule has 1 aromatic carbocycles. The number of methoxy groups -OCH3 is 1. The van der Waals surface area contributed by atoms with Crippen LogP contribution in [-0.4, -0.2) is 19.7 Å². The van der Waals surface area contributed by atoms with Gasteiger partial charge in [0.1, 0.15) is 11.8 Å². The Balaban J connectivity index is 2.88. The third-order valence-electron chi connectivity index (χ3n) is 2.32. The Labute approximate surface area is 95.3 Å². The number of esters is 1. The van der Waals surface area contributed by atoms with E-state index in [1.54, 1.807) is 26.2 Å². The number of hydrogen-bond acceptors (Lipinski definition) is 4. The molecule has 1 unspecified atom stereocenters. The Morgan fingerprint density at radius 2 is 2.19 bits per heavy atom. The summed E-state index contributed by atoms with van der Waals surface area (Å²) in [4.78, 5) is 11.4. The Kier molecular flexibility index (Phi) is 4.31. The van der Waals surface area contributed by atoms with Crippen molar-refractivity contribution >= 4 is 5.97 Å². The van der Waals surface area contributed by atoms with E-state index in [-0.39, 0.29) is 0 Å². The van der Waals surface area contributed by atoms with E-state index >= 15 is 0 Å². The first-order valence-electron chi connectivity index (χ1n) is 5.17. The topological polar surface area (TPSA) is 61.5 Å². The van der Waals surface area contributed by atoms with Gasteiger partial charge in [0.2, 0.25) is 0 Å². The number of nitrogens with two attached hydrogens (primary N) is 1. The largest absolute Gasteiger partial charge is 0.496 e. The minimum Gasteiger partial charge on any atom is -0.496 e. The smallest absolute Gasteiger partial charge is 0.327 e. The molecule has 1 atom stereocenters. The van der Waals surface area contributed by atoms with Gasteiger partial charge < -0.3 is 15.2 Å². The summed E-state index contributed by atoms with van der Waals surface area (Å²) in [5, 5.41) is 0. The molecule has 0 fully saturated rings. The van der Waals surface area contributed by atoms with E-state index < -0.39 is 12.0 Å². The van der Waals surface area contributed by atoms with Gasteiger partial charge in [-0.3, -0.25) is 0 Å². The number of carbonyl (C=O) groups is 1. The van der Waals surface area contributed by atoms with Crippen LogP contribution in [0.3, 0.4) is 0 Å². The molecule has 0 radical (unpaired) electrons. The summed E-state index contributed by atoms with van der Waals surface area (Å²) in [7, 11) is 1.60. The lowest BCUT2D eigenvalue weighted by Gasteiger charge is -2.12. The van der Waals surface area contributed by atoms with Crippen molar-refractivity contribution in [3.05, 3.63) is 29.3 Å². The highest BCUT2D eigenvalue weighted by Crippen LogP contribution is 2.22. The molecule has 0 aliphatic carbocycles. The zero-order valence-electron chi connectivity index (χ0n) is 9.82. The lowest BCUT2D eigenvalue weighted by atomic mass is 10.0. The maximum atomic E-state index is 11.4. The van der Waals surface area contributed by atoms with Gasteiger partial charge in [-0.25, -0.2) is 4.79 Å². The predicted molar refractivity (Wildman–Crippen MR) is 61.3 cm³/mol. The first kappa shape index (κ1) is 12.5. The maximum Gasteiger partial charge on any atom is 0.327 e. The number of benzene rings is 1. The molecule has 0 bridgehead atoms. The van der Waals surface area contributed by atoms with Gasteiger partial charge in [0.05, 0.1) is 13.7 Å². The maximum absolute atomic E-state index is 11.4. The van der Waals surface area contributed by atoms with Crippen molar-refractivity contribution in [3.8, 4) is 5.75 Å². The van der Waals surface area contributed by atoms with Crippen molar-refractivity contribution in [2.24, 2.45) is 5.73 Å². The van der Waals surface area contributed by atoms with E-state index in [9.17, 15) is 4.79 Å². The van der Waals surface area contributed by atoms with Gasteiger partial charge in [-0.15, -0.1) is 0 Å². The van der Waals surface area contributed by atoms with Crippen LogP contribution < -0.4 is 10.5 Å². The second-order valence-electron chi connectivity index (χ2n) is 3.46. The molecule has 4 heteroatoms. The first-order chi connectivity index (χ1) is 7.60. The molecule has 0 saturated heterocycles. The number of aryl methyl sites for hydroxylation is 1. The van der Waals surface area contributed by atoms with Crippen LogP contribution in [0.4, 0.5) is 0 Å². The highest BCUT2D eigenvalue weighted by atomic mass is 16.5. The summed E-state index contributed by atoms with van der Waals surface area (Å²) < 4.78 is 9.99. The van der Waals surface area contributed by atoms with Gasteiger partial charge in [0, 0.05) is 0 Å². The third kappa shape index (κ3) is 2.73. The van der Waals surface area contributed by atoms with Crippen LogP contribution in [-0.2, 0) is 9.53 Å². The molecule has 0 spiro atoms. The van der Waals surface area contributed by atoms with E-state index in [2.05, 4.69) is 0 Å². The van der Waals surface area contributed by atoms with Crippen LogP contribution in [0.15, 0.2) is 18.2 Å². The van der Waals surface area contributed by atoms with Crippen LogP contribution in [0, 0.1) is 6.92 Å². The van der Waals surface area contributed by atoms with E-state index in [1.807, 2.05) is 13.0 Å². The van der Waals surface area contributed by atoms with Crippen LogP contribution in [0.5, 0.6) is 5.75 Å². The fourth-order valence-electron chi connectivity index (χ4n) is 1.46. The minimum atomic E-state index is -0.732. The number of hydrogen-bond donors (Lipinski definition) is 1. The van der Waals surface area contributed by atoms with Gasteiger partial charge in [0.25, 0.3) is 0 Å². The molecule has 0 aromatic heterocycles. The summed E-state index contributed by atoms with van der Waals surface area (Å²) in [6.07, 6.45) is 0. The van der Waals surface area contributed by atoms with Crippen molar-refractivity contribution in [1.82, 2.24) is 0 Å². The molecule has 4 nitrogen and oxygen atoms in total.